The highest BCUT2D eigenvalue weighted by Gasteiger charge is 2.34. The van der Waals surface area contributed by atoms with E-state index >= 15 is 0 Å². The minimum atomic E-state index is -0.189. The number of para-hydroxylation sites is 3. The van der Waals surface area contributed by atoms with Gasteiger partial charge in [0.25, 0.3) is 0 Å². The molecule has 0 fully saturated rings. The number of anilines is 1. The van der Waals surface area contributed by atoms with Crippen LogP contribution in [0, 0.1) is 6.92 Å². The van der Waals surface area contributed by atoms with Gasteiger partial charge < -0.3 is 19.9 Å². The number of nitrogens with one attached hydrogen (secondary N) is 2. The Kier molecular flexibility index (Phi) is 5.31. The number of urea groups is 1. The Hall–Kier alpha value is -3.73. The van der Waals surface area contributed by atoms with Crippen molar-refractivity contribution in [3.63, 3.8) is 0 Å². The summed E-state index contributed by atoms with van der Waals surface area (Å²) in [6.07, 6.45) is 0.808. The fourth-order valence-electron chi connectivity index (χ4n) is 4.59. The van der Waals surface area contributed by atoms with E-state index in [4.69, 9.17) is 4.74 Å². The molecule has 2 heterocycles. The van der Waals surface area contributed by atoms with E-state index in [1.54, 1.807) is 0 Å². The van der Waals surface area contributed by atoms with Crippen LogP contribution in [-0.4, -0.2) is 29.1 Å². The van der Waals surface area contributed by atoms with Crippen LogP contribution >= 0.6 is 0 Å². The van der Waals surface area contributed by atoms with Crippen LogP contribution in [0.25, 0.3) is 10.9 Å². The Balaban J connectivity index is 1.55. The number of rotatable bonds is 4. The number of hydrogen-bond acceptors (Lipinski definition) is 2. The molecular weight excluding hydrogens is 398 g/mol. The molecular formula is C27H27N3O2. The highest BCUT2D eigenvalue weighted by atomic mass is 16.5. The molecule has 0 unspecified atom stereocenters. The van der Waals surface area contributed by atoms with E-state index in [0.717, 1.165) is 23.2 Å². The third-order valence-electron chi connectivity index (χ3n) is 6.12. The van der Waals surface area contributed by atoms with Crippen molar-refractivity contribution >= 4 is 22.6 Å². The highest BCUT2D eigenvalue weighted by Crippen LogP contribution is 2.39. The minimum absolute atomic E-state index is 0.132. The topological polar surface area (TPSA) is 57.4 Å². The van der Waals surface area contributed by atoms with Crippen LogP contribution in [0.3, 0.4) is 0 Å². The normalized spacial score (nSPS) is 15.4. The first kappa shape index (κ1) is 20.2. The van der Waals surface area contributed by atoms with E-state index in [0.29, 0.717) is 24.6 Å². The molecule has 5 rings (SSSR count). The molecule has 2 amide bonds. The summed E-state index contributed by atoms with van der Waals surface area (Å²) < 4.78 is 5.71. The summed E-state index contributed by atoms with van der Waals surface area (Å²) in [6, 6.07) is 24.1. The first-order valence-electron chi connectivity index (χ1n) is 11.1. The molecule has 0 bridgehead atoms. The Morgan fingerprint density at radius 1 is 1.06 bits per heavy atom. The van der Waals surface area contributed by atoms with E-state index in [2.05, 4.69) is 59.7 Å². The van der Waals surface area contributed by atoms with E-state index in [1.807, 2.05) is 42.2 Å². The molecule has 0 spiro atoms. The lowest BCUT2D eigenvalue weighted by Crippen LogP contribution is -2.43. The quantitative estimate of drug-likeness (QED) is 0.418. The van der Waals surface area contributed by atoms with E-state index in [1.165, 1.54) is 16.5 Å². The van der Waals surface area contributed by atoms with Gasteiger partial charge in [-0.05, 0) is 49.6 Å². The zero-order chi connectivity index (χ0) is 22.1. The number of amides is 2. The van der Waals surface area contributed by atoms with Gasteiger partial charge in [0, 0.05) is 23.1 Å². The second-order valence-electron chi connectivity index (χ2n) is 8.18. The summed E-state index contributed by atoms with van der Waals surface area (Å²) in [5.41, 5.74) is 6.47. The SMILES string of the molecule is CCOc1ccccc1NC(=O)N1CCc2c([nH]c3ccccc23)[C@@H]1c1ccc(C)cc1. The lowest BCUT2D eigenvalue weighted by molar-refractivity contribution is 0.193. The largest absolute Gasteiger partial charge is 0.492 e. The summed E-state index contributed by atoms with van der Waals surface area (Å²) in [4.78, 5) is 19.1. The number of H-pyrrole nitrogens is 1. The van der Waals surface area contributed by atoms with Crippen LogP contribution in [0.2, 0.25) is 0 Å². The fraction of sp³-hybridized carbons (Fsp3) is 0.222. The first-order chi connectivity index (χ1) is 15.7. The van der Waals surface area contributed by atoms with Gasteiger partial charge in [-0.3, -0.25) is 0 Å². The molecule has 0 radical (unpaired) electrons. The van der Waals surface area contributed by atoms with Crippen molar-refractivity contribution in [1.29, 1.82) is 0 Å². The predicted molar refractivity (Wildman–Crippen MR) is 128 cm³/mol. The van der Waals surface area contributed by atoms with Crippen LogP contribution in [0.15, 0.2) is 72.8 Å². The van der Waals surface area contributed by atoms with Crippen LogP contribution in [0.5, 0.6) is 5.75 Å². The molecule has 1 aliphatic heterocycles. The summed E-state index contributed by atoms with van der Waals surface area (Å²) in [6.45, 7) is 5.19. The lowest BCUT2D eigenvalue weighted by atomic mass is 9.92. The maximum absolute atomic E-state index is 13.5. The average Bonchev–Trinajstić information content (AvgIpc) is 3.19. The molecule has 0 saturated carbocycles. The Bertz CT molecular complexity index is 1260. The van der Waals surface area contributed by atoms with Crippen molar-refractivity contribution in [3.8, 4) is 5.75 Å². The van der Waals surface area contributed by atoms with Gasteiger partial charge in [-0.15, -0.1) is 0 Å². The third kappa shape index (κ3) is 3.60. The van der Waals surface area contributed by atoms with Crippen molar-refractivity contribution in [3.05, 3.63) is 95.2 Å². The predicted octanol–water partition coefficient (Wildman–Crippen LogP) is 6.05. The number of aromatic amines is 1. The van der Waals surface area contributed by atoms with Crippen molar-refractivity contribution < 1.29 is 9.53 Å². The number of carbonyl (C=O) groups is 1. The fourth-order valence-corrected chi connectivity index (χ4v) is 4.59. The molecule has 1 aromatic heterocycles. The number of aromatic nitrogens is 1. The summed E-state index contributed by atoms with van der Waals surface area (Å²) in [5.74, 6) is 0.679. The van der Waals surface area contributed by atoms with Gasteiger partial charge in [-0.1, -0.05) is 60.2 Å². The third-order valence-corrected chi connectivity index (χ3v) is 6.12. The Labute approximate surface area is 188 Å². The zero-order valence-corrected chi connectivity index (χ0v) is 18.4. The maximum atomic E-state index is 13.5. The van der Waals surface area contributed by atoms with Crippen LogP contribution in [-0.2, 0) is 6.42 Å². The molecule has 32 heavy (non-hydrogen) atoms. The highest BCUT2D eigenvalue weighted by molar-refractivity contribution is 5.92. The van der Waals surface area contributed by atoms with E-state index < -0.39 is 0 Å². The van der Waals surface area contributed by atoms with Crippen molar-refractivity contribution in [1.82, 2.24) is 9.88 Å². The molecule has 1 atom stereocenters. The lowest BCUT2D eigenvalue weighted by Gasteiger charge is -2.36. The van der Waals surface area contributed by atoms with Gasteiger partial charge >= 0.3 is 6.03 Å². The van der Waals surface area contributed by atoms with Crippen molar-refractivity contribution in [2.24, 2.45) is 0 Å². The number of carbonyl (C=O) groups excluding carboxylic acids is 1. The minimum Gasteiger partial charge on any atom is -0.492 e. The first-order valence-corrected chi connectivity index (χ1v) is 11.1. The van der Waals surface area contributed by atoms with Gasteiger partial charge in [0.05, 0.1) is 18.3 Å². The van der Waals surface area contributed by atoms with Gasteiger partial charge in [-0.2, -0.15) is 0 Å². The number of nitrogens with zero attached hydrogens (tertiary/aromatic N) is 1. The number of fused-ring (bicyclic) bond motifs is 3. The molecule has 5 nitrogen and oxygen atoms in total. The number of benzene rings is 3. The van der Waals surface area contributed by atoms with Crippen LogP contribution in [0.1, 0.15) is 35.3 Å². The number of hydrogen-bond donors (Lipinski definition) is 2. The second kappa shape index (κ2) is 8.42. The number of aryl methyl sites for hydroxylation is 1. The monoisotopic (exact) mass is 425 g/mol. The van der Waals surface area contributed by atoms with Crippen molar-refractivity contribution in [2.45, 2.75) is 26.3 Å². The van der Waals surface area contributed by atoms with Gasteiger partial charge in [0.2, 0.25) is 0 Å². The second-order valence-corrected chi connectivity index (χ2v) is 8.18. The van der Waals surface area contributed by atoms with Gasteiger partial charge in [0.15, 0.2) is 0 Å². The standard InChI is InChI=1S/C27H27N3O2/c1-3-32-24-11-7-6-10-23(24)29-27(31)30-17-16-21-20-8-4-5-9-22(20)28-25(21)26(30)19-14-12-18(2)13-15-19/h4-15,26,28H,3,16-17H2,1-2H3,(H,29,31)/t26-/m0/s1. The summed E-state index contributed by atoms with van der Waals surface area (Å²) >= 11 is 0. The van der Waals surface area contributed by atoms with Gasteiger partial charge in [-0.25, -0.2) is 4.79 Å². The Morgan fingerprint density at radius 3 is 2.62 bits per heavy atom. The van der Waals surface area contributed by atoms with Gasteiger partial charge in [0.1, 0.15) is 5.75 Å². The molecule has 4 aromatic rings. The molecule has 2 N–H and O–H groups in total. The maximum Gasteiger partial charge on any atom is 0.322 e. The van der Waals surface area contributed by atoms with E-state index in [9.17, 15) is 4.79 Å². The number of ether oxygens (including phenoxy) is 1. The molecule has 1 aliphatic rings. The smallest absolute Gasteiger partial charge is 0.322 e. The molecule has 0 aliphatic carbocycles. The van der Waals surface area contributed by atoms with Crippen LogP contribution < -0.4 is 10.1 Å². The summed E-state index contributed by atoms with van der Waals surface area (Å²) in [5, 5.41) is 4.33. The average molecular weight is 426 g/mol. The molecule has 5 heteroatoms. The zero-order valence-electron chi connectivity index (χ0n) is 18.4. The van der Waals surface area contributed by atoms with Crippen molar-refractivity contribution in [2.75, 3.05) is 18.5 Å². The van der Waals surface area contributed by atoms with Crippen LogP contribution in [0.4, 0.5) is 10.5 Å². The molecule has 162 valence electrons. The summed E-state index contributed by atoms with van der Waals surface area (Å²) in [7, 11) is 0. The van der Waals surface area contributed by atoms with E-state index in [-0.39, 0.29) is 12.1 Å². The Morgan fingerprint density at radius 2 is 1.81 bits per heavy atom. The molecule has 3 aromatic carbocycles. The molecule has 0 saturated heterocycles.